The minimum Gasteiger partial charge on any atom is -0.383 e. The van der Waals surface area contributed by atoms with Crippen molar-refractivity contribution in [3.8, 4) is 0 Å². The molecule has 1 saturated heterocycles. The Morgan fingerprint density at radius 1 is 1.20 bits per heavy atom. The van der Waals surface area contributed by atoms with Crippen LogP contribution in [0.15, 0.2) is 42.6 Å². The van der Waals surface area contributed by atoms with Crippen LogP contribution in [0.2, 0.25) is 0 Å². The molecule has 1 amide bonds. The third kappa shape index (κ3) is 4.17. The van der Waals surface area contributed by atoms with E-state index in [1.807, 2.05) is 31.2 Å². The number of carbonyl (C=O) groups is 1. The van der Waals surface area contributed by atoms with Crippen LogP contribution in [0.1, 0.15) is 11.1 Å². The number of fused-ring (bicyclic) bond motifs is 1. The highest BCUT2D eigenvalue weighted by molar-refractivity contribution is 6.32. The number of methoxy groups -OCH3 is 1. The third-order valence-electron chi connectivity index (χ3n) is 5.69. The molecule has 0 aromatic heterocycles. The lowest BCUT2D eigenvalue weighted by Gasteiger charge is -2.36. The van der Waals surface area contributed by atoms with Gasteiger partial charge in [-0.1, -0.05) is 12.1 Å². The van der Waals surface area contributed by atoms with E-state index in [4.69, 9.17) is 4.74 Å². The molecule has 6 nitrogen and oxygen atoms in total. The average Bonchev–Trinajstić information content (AvgIpc) is 3.07. The van der Waals surface area contributed by atoms with Gasteiger partial charge >= 0.3 is 0 Å². The van der Waals surface area contributed by atoms with Crippen LogP contribution in [0, 0.1) is 12.7 Å². The number of ether oxygens (including phenoxy) is 1. The molecule has 0 aliphatic carbocycles. The number of amides is 1. The lowest BCUT2D eigenvalue weighted by Crippen LogP contribution is -2.47. The Kier molecular flexibility index (Phi) is 6.01. The number of benzene rings is 2. The molecule has 4 rings (SSSR count). The van der Waals surface area contributed by atoms with Gasteiger partial charge in [-0.15, -0.1) is 0 Å². The molecular formula is C23H27FN4O2. The summed E-state index contributed by atoms with van der Waals surface area (Å²) in [5.41, 5.74) is 4.49. The van der Waals surface area contributed by atoms with Crippen LogP contribution in [-0.4, -0.2) is 57.2 Å². The summed E-state index contributed by atoms with van der Waals surface area (Å²) in [6, 6.07) is 10.9. The molecule has 2 aliphatic heterocycles. The van der Waals surface area contributed by atoms with Gasteiger partial charge < -0.3 is 20.3 Å². The molecule has 7 heteroatoms. The molecule has 2 heterocycles. The maximum atomic E-state index is 14.8. The van der Waals surface area contributed by atoms with Crippen molar-refractivity contribution in [3.05, 3.63) is 59.5 Å². The molecule has 2 N–H and O–H groups in total. The Hall–Kier alpha value is -2.90. The van der Waals surface area contributed by atoms with Gasteiger partial charge in [0.25, 0.3) is 5.91 Å². The normalized spacial score (nSPS) is 17.9. The molecule has 2 aromatic carbocycles. The van der Waals surface area contributed by atoms with E-state index in [-0.39, 0.29) is 11.7 Å². The molecule has 158 valence electrons. The van der Waals surface area contributed by atoms with Crippen LogP contribution in [0.4, 0.5) is 21.5 Å². The van der Waals surface area contributed by atoms with Gasteiger partial charge in [-0.3, -0.25) is 9.69 Å². The fraction of sp³-hybridized carbons (Fsp3) is 0.348. The van der Waals surface area contributed by atoms with Crippen LogP contribution in [0.25, 0.3) is 5.57 Å². The molecule has 0 atom stereocenters. The van der Waals surface area contributed by atoms with Crippen LogP contribution in [0.3, 0.4) is 0 Å². The first kappa shape index (κ1) is 20.4. The van der Waals surface area contributed by atoms with Gasteiger partial charge in [-0.25, -0.2) is 4.39 Å². The lowest BCUT2D eigenvalue weighted by atomic mass is 10.0. The first-order valence-electron chi connectivity index (χ1n) is 10.2. The zero-order chi connectivity index (χ0) is 21.1. The van der Waals surface area contributed by atoms with Crippen molar-refractivity contribution in [3.63, 3.8) is 0 Å². The zero-order valence-electron chi connectivity index (χ0n) is 17.4. The predicted octanol–water partition coefficient (Wildman–Crippen LogP) is 3.31. The highest BCUT2D eigenvalue weighted by Gasteiger charge is 2.25. The van der Waals surface area contributed by atoms with E-state index in [0.29, 0.717) is 23.6 Å². The van der Waals surface area contributed by atoms with Crippen molar-refractivity contribution < 1.29 is 13.9 Å². The number of nitrogens with one attached hydrogen (secondary N) is 2. The number of rotatable bonds is 6. The van der Waals surface area contributed by atoms with Crippen molar-refractivity contribution in [2.75, 3.05) is 62.0 Å². The van der Waals surface area contributed by atoms with Crippen molar-refractivity contribution >= 4 is 28.5 Å². The fourth-order valence-electron chi connectivity index (χ4n) is 4.01. The minimum absolute atomic E-state index is 0.157. The maximum Gasteiger partial charge on any atom is 0.257 e. The molecule has 0 radical (unpaired) electrons. The predicted molar refractivity (Wildman–Crippen MR) is 118 cm³/mol. The van der Waals surface area contributed by atoms with Crippen LogP contribution >= 0.6 is 0 Å². The van der Waals surface area contributed by atoms with Gasteiger partial charge in [0, 0.05) is 63.0 Å². The monoisotopic (exact) mass is 410 g/mol. The number of anilines is 3. The van der Waals surface area contributed by atoms with E-state index in [2.05, 4.69) is 20.4 Å². The molecule has 30 heavy (non-hydrogen) atoms. The fourth-order valence-corrected chi connectivity index (χ4v) is 4.01. The summed E-state index contributed by atoms with van der Waals surface area (Å²) < 4.78 is 19.9. The second-order valence-corrected chi connectivity index (χ2v) is 7.64. The van der Waals surface area contributed by atoms with E-state index in [1.54, 1.807) is 19.4 Å². The Labute approximate surface area is 176 Å². The van der Waals surface area contributed by atoms with E-state index in [0.717, 1.165) is 49.5 Å². The number of hydrogen-bond donors (Lipinski definition) is 2. The smallest absolute Gasteiger partial charge is 0.257 e. The lowest BCUT2D eigenvalue weighted by molar-refractivity contribution is -0.110. The van der Waals surface area contributed by atoms with Crippen molar-refractivity contribution in [2.45, 2.75) is 6.92 Å². The Morgan fingerprint density at radius 2 is 2.00 bits per heavy atom. The largest absolute Gasteiger partial charge is 0.383 e. The topological polar surface area (TPSA) is 56.8 Å². The van der Waals surface area contributed by atoms with Crippen LogP contribution < -0.4 is 15.5 Å². The van der Waals surface area contributed by atoms with Gasteiger partial charge in [0.1, 0.15) is 5.82 Å². The van der Waals surface area contributed by atoms with Gasteiger partial charge in [-0.2, -0.15) is 0 Å². The quantitative estimate of drug-likeness (QED) is 0.716. The SMILES string of the molecule is COCCN1CCN(c2ccc(N/C=C3/C(=O)Nc4cccc(C)c43)cc2F)CC1. The zero-order valence-corrected chi connectivity index (χ0v) is 17.4. The number of halogens is 1. The van der Waals surface area contributed by atoms with Gasteiger partial charge in [-0.05, 0) is 36.8 Å². The Balaban J connectivity index is 1.44. The summed E-state index contributed by atoms with van der Waals surface area (Å²) >= 11 is 0. The standard InChI is InChI=1S/C23H27FN4O2/c1-16-4-3-5-20-22(16)18(23(29)26-20)15-25-17-6-7-21(19(24)14-17)28-10-8-27(9-11-28)12-13-30-2/h3-7,14-15,25H,8-13H2,1-2H3,(H,26,29)/b18-15+. The van der Waals surface area contributed by atoms with Gasteiger partial charge in [0.15, 0.2) is 0 Å². The number of aryl methyl sites for hydroxylation is 1. The van der Waals surface area contributed by atoms with Crippen LogP contribution in [-0.2, 0) is 9.53 Å². The second kappa shape index (κ2) is 8.85. The molecular weight excluding hydrogens is 383 g/mol. The number of hydrogen-bond acceptors (Lipinski definition) is 5. The third-order valence-corrected chi connectivity index (χ3v) is 5.69. The van der Waals surface area contributed by atoms with Crippen molar-refractivity contribution in [1.82, 2.24) is 4.90 Å². The minimum atomic E-state index is -0.267. The number of nitrogens with zero attached hydrogens (tertiary/aromatic N) is 2. The van der Waals surface area contributed by atoms with E-state index < -0.39 is 0 Å². The number of piperazine rings is 1. The summed E-state index contributed by atoms with van der Waals surface area (Å²) in [5.74, 6) is -0.425. The van der Waals surface area contributed by atoms with Crippen LogP contribution in [0.5, 0.6) is 0 Å². The summed E-state index contributed by atoms with van der Waals surface area (Å²) in [5, 5.41) is 5.95. The van der Waals surface area contributed by atoms with Crippen molar-refractivity contribution in [1.29, 1.82) is 0 Å². The molecule has 0 unspecified atom stereocenters. The first-order chi connectivity index (χ1) is 14.6. The van der Waals surface area contributed by atoms with E-state index >= 15 is 0 Å². The number of carbonyl (C=O) groups excluding carboxylic acids is 1. The van der Waals surface area contributed by atoms with Gasteiger partial charge in [0.05, 0.1) is 17.9 Å². The Bertz CT molecular complexity index is 968. The highest BCUT2D eigenvalue weighted by Crippen LogP contribution is 2.34. The average molecular weight is 410 g/mol. The van der Waals surface area contributed by atoms with Gasteiger partial charge in [0.2, 0.25) is 0 Å². The summed E-state index contributed by atoms with van der Waals surface area (Å²) in [6.07, 6.45) is 1.65. The van der Waals surface area contributed by atoms with E-state index in [1.165, 1.54) is 6.07 Å². The summed E-state index contributed by atoms with van der Waals surface area (Å²) in [6.45, 7) is 6.94. The summed E-state index contributed by atoms with van der Waals surface area (Å²) in [7, 11) is 1.70. The molecule has 0 saturated carbocycles. The van der Waals surface area contributed by atoms with E-state index in [9.17, 15) is 9.18 Å². The highest BCUT2D eigenvalue weighted by atomic mass is 19.1. The Morgan fingerprint density at radius 3 is 2.73 bits per heavy atom. The van der Waals surface area contributed by atoms with Crippen molar-refractivity contribution in [2.24, 2.45) is 0 Å². The molecule has 0 bridgehead atoms. The molecule has 2 aromatic rings. The first-order valence-corrected chi connectivity index (χ1v) is 10.2. The molecule has 1 fully saturated rings. The maximum absolute atomic E-state index is 14.8. The summed E-state index contributed by atoms with van der Waals surface area (Å²) in [4.78, 5) is 16.7. The molecule has 2 aliphatic rings. The second-order valence-electron chi connectivity index (χ2n) is 7.64. The molecule has 0 spiro atoms.